The number of hydrogen-bond acceptors (Lipinski definition) is 6. The van der Waals surface area contributed by atoms with Crippen LogP contribution in [0.3, 0.4) is 0 Å². The molecule has 1 N–H and O–H groups in total. The molecule has 8 heteroatoms. The minimum Gasteiger partial charge on any atom is -0.493 e. The molecule has 0 aliphatic carbocycles. The third kappa shape index (κ3) is 6.07. The third-order valence-electron chi connectivity index (χ3n) is 7.57. The Balaban J connectivity index is 1.61. The van der Waals surface area contributed by atoms with Crippen molar-refractivity contribution in [2.24, 2.45) is 0 Å². The lowest BCUT2D eigenvalue weighted by Gasteiger charge is -2.40. The van der Waals surface area contributed by atoms with E-state index in [1.165, 1.54) is 18.4 Å². The molecule has 0 unspecified atom stereocenters. The van der Waals surface area contributed by atoms with Gasteiger partial charge in [0.2, 0.25) is 5.91 Å². The highest BCUT2D eigenvalue weighted by Crippen LogP contribution is 2.45. The second-order valence-electron chi connectivity index (χ2n) is 9.97. The van der Waals surface area contributed by atoms with E-state index in [-0.39, 0.29) is 11.8 Å². The largest absolute Gasteiger partial charge is 0.493 e. The topological polar surface area (TPSA) is 71.1 Å². The van der Waals surface area contributed by atoms with Crippen molar-refractivity contribution in [3.63, 3.8) is 0 Å². The number of hydrogen-bond donors (Lipinski definition) is 1. The molecule has 2 atom stereocenters. The van der Waals surface area contributed by atoms with Crippen molar-refractivity contribution in [2.45, 2.75) is 37.1 Å². The quantitative estimate of drug-likeness (QED) is 0.240. The lowest BCUT2D eigenvalue weighted by molar-refractivity contribution is -0.124. The maximum atomic E-state index is 14.0. The number of thioether (sulfide) groups is 1. The average Bonchev–Trinajstić information content (AvgIpc) is 2.98. The zero-order valence-corrected chi connectivity index (χ0v) is 25.0. The van der Waals surface area contributed by atoms with Gasteiger partial charge in [-0.15, -0.1) is 11.8 Å². The fourth-order valence-corrected chi connectivity index (χ4v) is 5.84. The van der Waals surface area contributed by atoms with Gasteiger partial charge in [0, 0.05) is 42.8 Å². The number of carbonyl (C=O) groups is 2. The Morgan fingerprint density at radius 1 is 1.05 bits per heavy atom. The Kier molecular flexibility index (Phi) is 9.63. The van der Waals surface area contributed by atoms with Gasteiger partial charge in [-0.05, 0) is 79.6 Å². The van der Waals surface area contributed by atoms with Crippen LogP contribution in [0.15, 0.2) is 65.6 Å². The molecule has 0 radical (unpaired) electrons. The van der Waals surface area contributed by atoms with Gasteiger partial charge in [-0.1, -0.05) is 24.3 Å². The second-order valence-corrected chi connectivity index (χ2v) is 10.8. The number of amides is 2. The van der Waals surface area contributed by atoms with Gasteiger partial charge in [0.05, 0.1) is 26.2 Å². The van der Waals surface area contributed by atoms with Crippen molar-refractivity contribution in [1.29, 1.82) is 0 Å². The Morgan fingerprint density at radius 2 is 1.75 bits per heavy atom. The van der Waals surface area contributed by atoms with Gasteiger partial charge in [0.15, 0.2) is 11.5 Å². The summed E-state index contributed by atoms with van der Waals surface area (Å²) >= 11 is 1.65. The van der Waals surface area contributed by atoms with Crippen LogP contribution < -0.4 is 19.7 Å². The Bertz CT molecular complexity index is 1340. The summed E-state index contributed by atoms with van der Waals surface area (Å²) in [5, 5.41) is 3.18. The highest BCUT2D eigenvalue weighted by Gasteiger charge is 2.43. The molecule has 0 bridgehead atoms. The number of nitrogens with zero attached hydrogens (tertiary/aromatic N) is 2. The molecular weight excluding hydrogens is 522 g/mol. The zero-order chi connectivity index (χ0) is 28.8. The fourth-order valence-electron chi connectivity index (χ4n) is 5.43. The standard InChI is InChI=1S/C32H39N3O4S/c1-7-35(23-11-8-10-21(2)18-23)17-9-16-33-31(36)29-25-19-27(38-4)28(39-5)20-26(25)32(37)34(3)30(29)22-12-14-24(40-6)15-13-22/h8,10-15,18-20,29-30H,7,9,16-17H2,1-6H3,(H,33,36)/t29-,30+/m1/s1. The van der Waals surface area contributed by atoms with Crippen LogP contribution in [0.5, 0.6) is 11.5 Å². The molecule has 212 valence electrons. The molecule has 1 aliphatic heterocycles. The molecule has 0 saturated carbocycles. The summed E-state index contributed by atoms with van der Waals surface area (Å²) in [4.78, 5) is 32.6. The van der Waals surface area contributed by atoms with Crippen molar-refractivity contribution in [2.75, 3.05) is 52.1 Å². The van der Waals surface area contributed by atoms with Crippen molar-refractivity contribution >= 4 is 29.3 Å². The van der Waals surface area contributed by atoms with E-state index >= 15 is 0 Å². The van der Waals surface area contributed by atoms with Crippen LogP contribution in [0.1, 0.15) is 52.4 Å². The van der Waals surface area contributed by atoms with Gasteiger partial charge in [-0.3, -0.25) is 9.59 Å². The van der Waals surface area contributed by atoms with Crippen molar-refractivity contribution in [1.82, 2.24) is 10.2 Å². The number of ether oxygens (including phenoxy) is 2. The number of carbonyl (C=O) groups excluding carboxylic acids is 2. The molecule has 0 saturated heterocycles. The number of nitrogens with one attached hydrogen (secondary N) is 1. The second kappa shape index (κ2) is 13.1. The molecule has 1 aliphatic rings. The maximum absolute atomic E-state index is 14.0. The molecule has 0 aromatic heterocycles. The average molecular weight is 562 g/mol. The normalized spacial score (nSPS) is 16.4. The lowest BCUT2D eigenvalue weighted by Crippen LogP contribution is -2.46. The van der Waals surface area contributed by atoms with Gasteiger partial charge < -0.3 is 24.6 Å². The molecule has 0 spiro atoms. The van der Waals surface area contributed by atoms with Crippen molar-refractivity contribution < 1.29 is 19.1 Å². The lowest BCUT2D eigenvalue weighted by atomic mass is 9.79. The van der Waals surface area contributed by atoms with E-state index in [2.05, 4.69) is 48.3 Å². The van der Waals surface area contributed by atoms with Crippen LogP contribution in [0.25, 0.3) is 0 Å². The number of methoxy groups -OCH3 is 2. The monoisotopic (exact) mass is 561 g/mol. The van der Waals surface area contributed by atoms with Crippen LogP contribution in [0.4, 0.5) is 5.69 Å². The molecule has 3 aromatic carbocycles. The summed E-state index contributed by atoms with van der Waals surface area (Å²) in [6.45, 7) is 6.47. The van der Waals surface area contributed by atoms with E-state index in [0.717, 1.165) is 30.0 Å². The number of fused-ring (bicyclic) bond motifs is 1. The highest BCUT2D eigenvalue weighted by atomic mass is 32.2. The van der Waals surface area contributed by atoms with Crippen LogP contribution in [-0.4, -0.2) is 63.9 Å². The van der Waals surface area contributed by atoms with Crippen LogP contribution in [0.2, 0.25) is 0 Å². The number of likely N-dealkylation sites (N-methyl/N-ethyl adjacent to an activating group) is 1. The Hall–Kier alpha value is -3.65. The Labute approximate surface area is 241 Å². The predicted octanol–water partition coefficient (Wildman–Crippen LogP) is 5.68. The number of rotatable bonds is 11. The molecule has 1 heterocycles. The molecule has 40 heavy (non-hydrogen) atoms. The number of aryl methyl sites for hydroxylation is 1. The van der Waals surface area contributed by atoms with E-state index in [9.17, 15) is 9.59 Å². The minimum atomic E-state index is -0.614. The van der Waals surface area contributed by atoms with Gasteiger partial charge in [0.25, 0.3) is 5.91 Å². The first-order chi connectivity index (χ1) is 19.3. The first-order valence-corrected chi connectivity index (χ1v) is 14.8. The van der Waals surface area contributed by atoms with Gasteiger partial charge >= 0.3 is 0 Å². The van der Waals surface area contributed by atoms with E-state index in [1.54, 1.807) is 43.0 Å². The first kappa shape index (κ1) is 29.3. The summed E-state index contributed by atoms with van der Waals surface area (Å²) in [6.07, 6.45) is 2.82. The van der Waals surface area contributed by atoms with E-state index in [1.807, 2.05) is 30.5 Å². The summed E-state index contributed by atoms with van der Waals surface area (Å²) in [7, 11) is 4.86. The predicted molar refractivity (Wildman–Crippen MR) is 162 cm³/mol. The molecule has 0 fully saturated rings. The molecular formula is C32H39N3O4S. The molecule has 3 aromatic rings. The van der Waals surface area contributed by atoms with E-state index in [0.29, 0.717) is 29.2 Å². The summed E-state index contributed by atoms with van der Waals surface area (Å²) in [5.41, 5.74) is 4.42. The summed E-state index contributed by atoms with van der Waals surface area (Å²) in [5.74, 6) is 0.0584. The van der Waals surface area contributed by atoms with Gasteiger partial charge in [-0.2, -0.15) is 0 Å². The maximum Gasteiger partial charge on any atom is 0.254 e. The minimum absolute atomic E-state index is 0.120. The SMILES string of the molecule is CCN(CCCNC(=O)[C@@H]1c2cc(OC)c(OC)cc2C(=O)N(C)[C@H]1c1ccc(SC)cc1)c1cccc(C)c1. The number of anilines is 1. The molecule has 7 nitrogen and oxygen atoms in total. The van der Waals surface area contributed by atoms with Crippen LogP contribution in [0, 0.1) is 6.92 Å². The summed E-state index contributed by atoms with van der Waals surface area (Å²) < 4.78 is 11.0. The zero-order valence-electron chi connectivity index (χ0n) is 24.2. The molecule has 4 rings (SSSR count). The molecule has 2 amide bonds. The van der Waals surface area contributed by atoms with E-state index in [4.69, 9.17) is 9.47 Å². The highest BCUT2D eigenvalue weighted by molar-refractivity contribution is 7.98. The third-order valence-corrected chi connectivity index (χ3v) is 8.31. The number of benzene rings is 3. The van der Waals surface area contributed by atoms with Gasteiger partial charge in [-0.25, -0.2) is 0 Å². The van der Waals surface area contributed by atoms with Crippen LogP contribution >= 0.6 is 11.8 Å². The van der Waals surface area contributed by atoms with Crippen molar-refractivity contribution in [3.05, 3.63) is 82.9 Å². The van der Waals surface area contributed by atoms with Crippen molar-refractivity contribution in [3.8, 4) is 11.5 Å². The van der Waals surface area contributed by atoms with Crippen LogP contribution in [-0.2, 0) is 4.79 Å². The summed E-state index contributed by atoms with van der Waals surface area (Å²) in [6, 6.07) is 19.5. The fraction of sp³-hybridized carbons (Fsp3) is 0.375. The van der Waals surface area contributed by atoms with Gasteiger partial charge in [0.1, 0.15) is 0 Å². The smallest absolute Gasteiger partial charge is 0.254 e. The first-order valence-electron chi connectivity index (χ1n) is 13.6. The van der Waals surface area contributed by atoms with E-state index < -0.39 is 12.0 Å². The Morgan fingerprint density at radius 3 is 2.38 bits per heavy atom.